The SMILES string of the molecule is CC(C)OC(=O)c1cccc(/C=C/c2ccccc2)n1.CCOc1ccc(-c2cccc(C(=O)OC(C)c3ccccc3)n2)cc1.CCOc1ccc(-c2cccc(C(=O)OC/C=C/c3ccccc3)n2)cc1.CCOc1ccc(-c2cccc(C(=O)OCCc3ccccc3)n2)cc1. The minimum Gasteiger partial charge on any atom is -0.494 e. The summed E-state index contributed by atoms with van der Waals surface area (Å²) in [5.41, 5.74) is 11.1. The predicted molar refractivity (Wildman–Crippen MR) is 389 cm³/mol. The first-order chi connectivity index (χ1) is 48.3. The summed E-state index contributed by atoms with van der Waals surface area (Å²) < 4.78 is 37.6. The molecule has 0 saturated carbocycles. The lowest BCUT2D eigenvalue weighted by Gasteiger charge is -2.13. The summed E-state index contributed by atoms with van der Waals surface area (Å²) in [7, 11) is 0. The highest BCUT2D eigenvalue weighted by atomic mass is 16.6. The van der Waals surface area contributed by atoms with Crippen LogP contribution in [0.3, 0.4) is 0 Å². The van der Waals surface area contributed by atoms with Gasteiger partial charge in [0.1, 0.15) is 52.7 Å². The Hall–Kier alpha value is -12.1. The van der Waals surface area contributed by atoms with E-state index in [1.807, 2.05) is 296 Å². The van der Waals surface area contributed by atoms with E-state index in [1.54, 1.807) is 36.4 Å². The Morgan fingerprint density at radius 2 is 0.747 bits per heavy atom. The van der Waals surface area contributed by atoms with Crippen molar-refractivity contribution < 1.29 is 52.3 Å². The molecule has 0 fully saturated rings. The van der Waals surface area contributed by atoms with E-state index in [9.17, 15) is 19.2 Å². The second-order valence-electron chi connectivity index (χ2n) is 22.0. The van der Waals surface area contributed by atoms with Crippen molar-refractivity contribution in [3.05, 3.63) is 324 Å². The van der Waals surface area contributed by atoms with Gasteiger partial charge in [-0.05, 0) is 197 Å². The lowest BCUT2D eigenvalue weighted by molar-refractivity contribution is 0.0328. The molecule has 502 valence electrons. The average molecular weight is 1320 g/mol. The third kappa shape index (κ3) is 24.6. The first-order valence-electron chi connectivity index (χ1n) is 32.7. The molecule has 1 atom stereocenters. The molecule has 15 heteroatoms. The van der Waals surface area contributed by atoms with E-state index in [2.05, 4.69) is 19.9 Å². The number of esters is 4. The van der Waals surface area contributed by atoms with Crippen molar-refractivity contribution in [3.63, 3.8) is 0 Å². The van der Waals surface area contributed by atoms with Gasteiger partial charge in [0.05, 0.1) is 55.3 Å². The largest absolute Gasteiger partial charge is 0.494 e. The molecule has 0 amide bonds. The van der Waals surface area contributed by atoms with Crippen molar-refractivity contribution in [1.29, 1.82) is 0 Å². The van der Waals surface area contributed by atoms with Crippen LogP contribution in [0.4, 0.5) is 0 Å². The fourth-order valence-electron chi connectivity index (χ4n) is 9.41. The summed E-state index contributed by atoms with van der Waals surface area (Å²) >= 11 is 0. The Labute approximate surface area is 579 Å². The molecule has 0 spiro atoms. The van der Waals surface area contributed by atoms with Crippen LogP contribution in [0, 0.1) is 0 Å². The number of hydrogen-bond acceptors (Lipinski definition) is 15. The molecule has 11 aromatic rings. The van der Waals surface area contributed by atoms with Gasteiger partial charge in [0.2, 0.25) is 0 Å². The minimum atomic E-state index is -0.444. The van der Waals surface area contributed by atoms with E-state index >= 15 is 0 Å². The Bertz CT molecular complexity index is 4330. The zero-order chi connectivity index (χ0) is 69.8. The van der Waals surface area contributed by atoms with Gasteiger partial charge in [0, 0.05) is 23.1 Å². The number of rotatable bonds is 24. The van der Waals surface area contributed by atoms with Crippen molar-refractivity contribution in [2.45, 2.75) is 60.2 Å². The molecular weight excluding hydrogens is 1240 g/mol. The normalized spacial score (nSPS) is 10.9. The van der Waals surface area contributed by atoms with Crippen LogP contribution < -0.4 is 14.2 Å². The second kappa shape index (κ2) is 39.7. The van der Waals surface area contributed by atoms with E-state index < -0.39 is 23.9 Å². The maximum absolute atomic E-state index is 12.4. The van der Waals surface area contributed by atoms with Crippen LogP contribution in [0.15, 0.2) is 273 Å². The van der Waals surface area contributed by atoms with E-state index in [-0.39, 0.29) is 24.5 Å². The molecule has 0 aliphatic rings. The summed E-state index contributed by atoms with van der Waals surface area (Å²) in [6, 6.07) is 83.6. The summed E-state index contributed by atoms with van der Waals surface area (Å²) in [4.78, 5) is 66.3. The zero-order valence-corrected chi connectivity index (χ0v) is 56.4. The number of carbonyl (C=O) groups is 4. The number of aromatic nitrogens is 4. The number of ether oxygens (including phenoxy) is 7. The molecular formula is C84H80N4O11. The van der Waals surface area contributed by atoms with Gasteiger partial charge in [-0.2, -0.15) is 0 Å². The highest BCUT2D eigenvalue weighted by Crippen LogP contribution is 2.26. The molecule has 7 aromatic carbocycles. The Morgan fingerprint density at radius 3 is 1.19 bits per heavy atom. The molecule has 0 aliphatic heterocycles. The Kier molecular flexibility index (Phi) is 29.2. The number of nitrogens with zero attached hydrogens (tertiary/aromatic N) is 4. The van der Waals surface area contributed by atoms with E-state index in [1.165, 1.54) is 0 Å². The van der Waals surface area contributed by atoms with Gasteiger partial charge in [-0.25, -0.2) is 39.1 Å². The number of benzene rings is 7. The van der Waals surface area contributed by atoms with Gasteiger partial charge in [-0.1, -0.05) is 158 Å². The van der Waals surface area contributed by atoms with Crippen LogP contribution >= 0.6 is 0 Å². The van der Waals surface area contributed by atoms with Crippen LogP contribution in [0.25, 0.3) is 52.0 Å². The van der Waals surface area contributed by atoms with Crippen LogP contribution in [-0.4, -0.2) is 83.0 Å². The van der Waals surface area contributed by atoms with Crippen LogP contribution in [0.2, 0.25) is 0 Å². The molecule has 0 aliphatic carbocycles. The van der Waals surface area contributed by atoms with Gasteiger partial charge in [-0.3, -0.25) is 0 Å². The van der Waals surface area contributed by atoms with Crippen molar-refractivity contribution in [2.75, 3.05) is 33.0 Å². The molecule has 11 rings (SSSR count). The molecule has 4 heterocycles. The van der Waals surface area contributed by atoms with Gasteiger partial charge in [0.15, 0.2) is 0 Å². The predicted octanol–water partition coefficient (Wildman–Crippen LogP) is 18.4. The second-order valence-corrected chi connectivity index (χ2v) is 22.0. The monoisotopic (exact) mass is 1320 g/mol. The lowest BCUT2D eigenvalue weighted by Crippen LogP contribution is -2.13. The Morgan fingerprint density at radius 1 is 0.364 bits per heavy atom. The smallest absolute Gasteiger partial charge is 0.357 e. The summed E-state index contributed by atoms with van der Waals surface area (Å²) in [5, 5.41) is 0. The highest BCUT2D eigenvalue weighted by molar-refractivity contribution is 5.90. The molecule has 99 heavy (non-hydrogen) atoms. The van der Waals surface area contributed by atoms with E-state index in [4.69, 9.17) is 33.2 Å². The summed E-state index contributed by atoms with van der Waals surface area (Å²) in [6.45, 7) is 13.7. The minimum absolute atomic E-state index is 0.146. The van der Waals surface area contributed by atoms with Gasteiger partial charge >= 0.3 is 23.9 Å². The third-order valence-electron chi connectivity index (χ3n) is 14.3. The number of hydrogen-bond donors (Lipinski definition) is 0. The standard InChI is InChI=1S/C23H21NO3.2C22H21NO3.C17H17NO2/c1-2-26-20-15-13-19(14-16-20)21-11-6-12-22(24-21)23(25)27-17-7-10-18-8-4-3-5-9-18;1-3-25-19-14-12-18(13-15-19)20-10-7-11-21(23-20)22(24)26-16(2)17-8-5-4-6-9-17;1-2-25-19-13-11-18(12-14-19)20-9-6-10-21(23-20)22(24)26-16-15-17-7-4-3-5-8-17;1-13(2)20-17(19)16-10-6-9-15(18-16)12-11-14-7-4-3-5-8-14/h3-16H,2,17H2,1H3;4-16H,3H2,1-2H3;3-14H,2,15-16H2,1H3;3-13H,1-2H3/b10-7+;;;12-11+. The Balaban J connectivity index is 0.000000169. The first-order valence-corrected chi connectivity index (χ1v) is 32.7. The molecule has 0 radical (unpaired) electrons. The van der Waals surface area contributed by atoms with Gasteiger partial charge in [0.25, 0.3) is 0 Å². The van der Waals surface area contributed by atoms with Crippen LogP contribution in [0.1, 0.15) is 118 Å². The highest BCUT2D eigenvalue weighted by Gasteiger charge is 2.17. The lowest BCUT2D eigenvalue weighted by atomic mass is 10.1. The molecule has 0 bridgehead atoms. The topological polar surface area (TPSA) is 184 Å². The molecule has 0 N–H and O–H groups in total. The van der Waals surface area contributed by atoms with Crippen LogP contribution in [0.5, 0.6) is 17.2 Å². The van der Waals surface area contributed by atoms with E-state index in [0.717, 1.165) is 73.3 Å². The summed E-state index contributed by atoms with van der Waals surface area (Å²) in [5.74, 6) is 0.747. The van der Waals surface area contributed by atoms with Crippen molar-refractivity contribution >= 4 is 42.1 Å². The fraction of sp³-hybridized carbons (Fsp3) is 0.167. The van der Waals surface area contributed by atoms with Gasteiger partial charge in [-0.15, -0.1) is 0 Å². The van der Waals surface area contributed by atoms with Gasteiger partial charge < -0.3 is 33.2 Å². The fourth-order valence-corrected chi connectivity index (χ4v) is 9.41. The van der Waals surface area contributed by atoms with Crippen molar-refractivity contribution in [2.24, 2.45) is 0 Å². The maximum Gasteiger partial charge on any atom is 0.357 e. The quantitative estimate of drug-likeness (QED) is 0.0411. The molecule has 1 unspecified atom stereocenters. The number of carbonyl (C=O) groups excluding carboxylic acids is 4. The number of pyridine rings is 4. The molecule has 0 saturated heterocycles. The maximum atomic E-state index is 12.4. The average Bonchev–Trinajstić information content (AvgIpc) is 0.886. The van der Waals surface area contributed by atoms with Crippen molar-refractivity contribution in [3.8, 4) is 51.0 Å². The van der Waals surface area contributed by atoms with Crippen molar-refractivity contribution in [1.82, 2.24) is 19.9 Å². The third-order valence-corrected chi connectivity index (χ3v) is 14.3. The molecule has 4 aromatic heterocycles. The first kappa shape index (κ1) is 72.7. The van der Waals surface area contributed by atoms with Crippen LogP contribution in [-0.2, 0) is 25.4 Å². The zero-order valence-electron chi connectivity index (χ0n) is 56.4. The summed E-state index contributed by atoms with van der Waals surface area (Å²) in [6.07, 6.45) is 7.76. The van der Waals surface area contributed by atoms with E-state index in [0.29, 0.717) is 55.6 Å². The molecule has 15 nitrogen and oxygen atoms in total.